The highest BCUT2D eigenvalue weighted by Crippen LogP contribution is 2.11. The number of allylic oxidation sites excluding steroid dienone is 2. The van der Waals surface area contributed by atoms with E-state index < -0.39 is 0 Å². The van der Waals surface area contributed by atoms with Crippen LogP contribution < -0.4 is 0 Å². The van der Waals surface area contributed by atoms with Crippen LogP contribution in [0.15, 0.2) is 35.9 Å². The Morgan fingerprint density at radius 3 is 2.75 bits per heavy atom. The van der Waals surface area contributed by atoms with E-state index in [1.165, 1.54) is 11.1 Å². The van der Waals surface area contributed by atoms with Crippen LogP contribution in [0.5, 0.6) is 0 Å². The van der Waals surface area contributed by atoms with Crippen LogP contribution in [0.2, 0.25) is 5.02 Å². The minimum absolute atomic E-state index is 0.814. The Balaban J connectivity index is 2.70. The van der Waals surface area contributed by atoms with E-state index in [0.717, 1.165) is 11.4 Å². The van der Waals surface area contributed by atoms with Crippen molar-refractivity contribution < 1.29 is 0 Å². The summed E-state index contributed by atoms with van der Waals surface area (Å²) < 4.78 is 0. The molecule has 0 spiro atoms. The molecule has 0 radical (unpaired) electrons. The molecule has 0 heterocycles. The van der Waals surface area contributed by atoms with Gasteiger partial charge in [0.2, 0.25) is 0 Å². The predicted octanol–water partition coefficient (Wildman–Crippen LogP) is 3.85. The molecule has 0 bridgehead atoms. The molecule has 1 heteroatoms. The van der Waals surface area contributed by atoms with Crippen molar-refractivity contribution in [2.24, 2.45) is 0 Å². The Bertz CT molecular complexity index is 283. The summed E-state index contributed by atoms with van der Waals surface area (Å²) in [5, 5.41) is 0.814. The van der Waals surface area contributed by atoms with E-state index in [0.29, 0.717) is 0 Å². The monoisotopic (exact) mass is 180 g/mol. The molecule has 0 aromatic heterocycles. The summed E-state index contributed by atoms with van der Waals surface area (Å²) in [5.74, 6) is 0. The zero-order chi connectivity index (χ0) is 8.97. The lowest BCUT2D eigenvalue weighted by Crippen LogP contribution is -1.80. The third kappa shape index (κ3) is 3.10. The summed E-state index contributed by atoms with van der Waals surface area (Å²) in [4.78, 5) is 0. The van der Waals surface area contributed by atoms with Crippen molar-refractivity contribution in [2.75, 3.05) is 0 Å². The molecule has 1 aromatic carbocycles. The second-order valence-corrected chi connectivity index (χ2v) is 3.55. The van der Waals surface area contributed by atoms with Crippen molar-refractivity contribution >= 4 is 11.6 Å². The Hall–Kier alpha value is -0.750. The lowest BCUT2D eigenvalue weighted by atomic mass is 10.1. The molecule has 0 amide bonds. The molecular formula is C11H13Cl. The molecule has 1 aromatic rings. The molecule has 0 aliphatic rings. The van der Waals surface area contributed by atoms with Crippen LogP contribution in [0.1, 0.15) is 19.4 Å². The van der Waals surface area contributed by atoms with Gasteiger partial charge < -0.3 is 0 Å². The van der Waals surface area contributed by atoms with Crippen molar-refractivity contribution in [3.63, 3.8) is 0 Å². The maximum absolute atomic E-state index is 5.84. The number of hydrogen-bond acceptors (Lipinski definition) is 0. The average molecular weight is 181 g/mol. The smallest absolute Gasteiger partial charge is 0.0408 e. The largest absolute Gasteiger partial charge is 0.0843 e. The Labute approximate surface area is 78.9 Å². The highest BCUT2D eigenvalue weighted by molar-refractivity contribution is 6.30. The van der Waals surface area contributed by atoms with Crippen molar-refractivity contribution in [3.8, 4) is 0 Å². The first-order chi connectivity index (χ1) is 5.68. The van der Waals surface area contributed by atoms with Gasteiger partial charge in [0, 0.05) is 5.02 Å². The molecule has 0 atom stereocenters. The van der Waals surface area contributed by atoms with E-state index in [-0.39, 0.29) is 0 Å². The van der Waals surface area contributed by atoms with Gasteiger partial charge in [-0.1, -0.05) is 35.4 Å². The molecule has 0 nitrogen and oxygen atoms in total. The van der Waals surface area contributed by atoms with Gasteiger partial charge in [-0.2, -0.15) is 0 Å². The number of hydrogen-bond donors (Lipinski definition) is 0. The Morgan fingerprint density at radius 2 is 2.17 bits per heavy atom. The van der Waals surface area contributed by atoms with Crippen LogP contribution in [0.4, 0.5) is 0 Å². The third-order valence-corrected chi connectivity index (χ3v) is 1.87. The first kappa shape index (κ1) is 9.34. The average Bonchev–Trinajstić information content (AvgIpc) is 2.01. The summed E-state index contributed by atoms with van der Waals surface area (Å²) in [6.07, 6.45) is 3.18. The Morgan fingerprint density at radius 1 is 1.42 bits per heavy atom. The highest BCUT2D eigenvalue weighted by atomic mass is 35.5. The van der Waals surface area contributed by atoms with Gasteiger partial charge in [-0.25, -0.2) is 0 Å². The Kier molecular flexibility index (Phi) is 3.36. The standard InChI is InChI=1S/C11H13Cl/c1-9(2)6-7-10-4-3-5-11(12)8-10/h3-6,8H,7H2,1-2H3. The number of halogens is 1. The van der Waals surface area contributed by atoms with Crippen molar-refractivity contribution in [2.45, 2.75) is 20.3 Å². The van der Waals surface area contributed by atoms with E-state index in [9.17, 15) is 0 Å². The van der Waals surface area contributed by atoms with E-state index in [1.807, 2.05) is 18.2 Å². The van der Waals surface area contributed by atoms with Crippen molar-refractivity contribution in [3.05, 3.63) is 46.5 Å². The van der Waals surface area contributed by atoms with E-state index in [4.69, 9.17) is 11.6 Å². The fraction of sp³-hybridized carbons (Fsp3) is 0.273. The quantitative estimate of drug-likeness (QED) is 0.607. The predicted molar refractivity (Wildman–Crippen MR) is 54.6 cm³/mol. The van der Waals surface area contributed by atoms with E-state index >= 15 is 0 Å². The van der Waals surface area contributed by atoms with Crippen molar-refractivity contribution in [1.29, 1.82) is 0 Å². The number of rotatable bonds is 2. The molecule has 12 heavy (non-hydrogen) atoms. The molecule has 0 N–H and O–H groups in total. The summed E-state index contributed by atoms with van der Waals surface area (Å²) in [6.45, 7) is 4.20. The van der Waals surface area contributed by atoms with Gasteiger partial charge >= 0.3 is 0 Å². The first-order valence-corrected chi connectivity index (χ1v) is 4.44. The van der Waals surface area contributed by atoms with Crippen molar-refractivity contribution in [1.82, 2.24) is 0 Å². The summed E-state index contributed by atoms with van der Waals surface area (Å²) in [5.41, 5.74) is 2.61. The van der Waals surface area contributed by atoms with Crippen LogP contribution in [0, 0.1) is 0 Å². The minimum Gasteiger partial charge on any atom is -0.0843 e. The lowest BCUT2D eigenvalue weighted by Gasteiger charge is -1.97. The molecule has 0 saturated carbocycles. The molecule has 0 aliphatic carbocycles. The van der Waals surface area contributed by atoms with Gasteiger partial charge in [-0.05, 0) is 38.0 Å². The minimum atomic E-state index is 0.814. The molecule has 0 aliphatic heterocycles. The summed E-state index contributed by atoms with van der Waals surface area (Å²) >= 11 is 5.84. The van der Waals surface area contributed by atoms with Crippen LogP contribution in [-0.4, -0.2) is 0 Å². The second-order valence-electron chi connectivity index (χ2n) is 3.12. The van der Waals surface area contributed by atoms with Crippen LogP contribution in [0.25, 0.3) is 0 Å². The van der Waals surface area contributed by atoms with E-state index in [2.05, 4.69) is 26.0 Å². The zero-order valence-electron chi connectivity index (χ0n) is 7.47. The number of benzene rings is 1. The summed E-state index contributed by atoms with van der Waals surface area (Å²) in [6, 6.07) is 7.97. The van der Waals surface area contributed by atoms with Gasteiger partial charge in [0.15, 0.2) is 0 Å². The molecule has 0 fully saturated rings. The maximum atomic E-state index is 5.84. The second kappa shape index (κ2) is 4.32. The van der Waals surface area contributed by atoms with Gasteiger partial charge in [0.05, 0.1) is 0 Å². The molecule has 0 unspecified atom stereocenters. The molecule has 64 valence electrons. The zero-order valence-corrected chi connectivity index (χ0v) is 8.23. The van der Waals surface area contributed by atoms with Crippen LogP contribution in [0.3, 0.4) is 0 Å². The van der Waals surface area contributed by atoms with Gasteiger partial charge in [0.25, 0.3) is 0 Å². The molecule has 1 rings (SSSR count). The SMILES string of the molecule is CC(C)=CCc1cccc(Cl)c1. The fourth-order valence-electron chi connectivity index (χ4n) is 0.986. The summed E-state index contributed by atoms with van der Waals surface area (Å²) in [7, 11) is 0. The third-order valence-electron chi connectivity index (χ3n) is 1.64. The highest BCUT2D eigenvalue weighted by Gasteiger charge is 1.90. The molecular weight excluding hydrogens is 168 g/mol. The first-order valence-electron chi connectivity index (χ1n) is 4.06. The van der Waals surface area contributed by atoms with Gasteiger partial charge in [-0.15, -0.1) is 0 Å². The topological polar surface area (TPSA) is 0 Å². The lowest BCUT2D eigenvalue weighted by molar-refractivity contribution is 1.21. The van der Waals surface area contributed by atoms with Crippen LogP contribution in [-0.2, 0) is 6.42 Å². The van der Waals surface area contributed by atoms with Gasteiger partial charge in [-0.3, -0.25) is 0 Å². The fourth-order valence-corrected chi connectivity index (χ4v) is 1.20. The van der Waals surface area contributed by atoms with E-state index in [1.54, 1.807) is 0 Å². The van der Waals surface area contributed by atoms with Gasteiger partial charge in [0.1, 0.15) is 0 Å². The molecule has 0 saturated heterocycles. The normalized spacial score (nSPS) is 9.58. The maximum Gasteiger partial charge on any atom is 0.0408 e. The van der Waals surface area contributed by atoms with Crippen LogP contribution >= 0.6 is 11.6 Å².